The van der Waals surface area contributed by atoms with Gasteiger partial charge in [0.1, 0.15) is 12.1 Å². The Morgan fingerprint density at radius 2 is 2.16 bits per heavy atom. The third-order valence-electron chi connectivity index (χ3n) is 5.35. The van der Waals surface area contributed by atoms with Crippen LogP contribution in [0.25, 0.3) is 0 Å². The van der Waals surface area contributed by atoms with E-state index in [9.17, 15) is 9.59 Å². The van der Waals surface area contributed by atoms with Crippen molar-refractivity contribution in [2.24, 2.45) is 0 Å². The van der Waals surface area contributed by atoms with E-state index in [1.807, 2.05) is 6.92 Å². The van der Waals surface area contributed by atoms with E-state index < -0.39 is 0 Å². The van der Waals surface area contributed by atoms with Crippen LogP contribution >= 0.6 is 0 Å². The maximum Gasteiger partial charge on any atom is 0.323 e. The summed E-state index contributed by atoms with van der Waals surface area (Å²) in [6, 6.07) is -0.121. The number of nitrogens with zero attached hydrogens (tertiary/aromatic N) is 4. The van der Waals surface area contributed by atoms with Crippen LogP contribution in [0.5, 0.6) is 0 Å². The number of esters is 1. The molecule has 8 heteroatoms. The van der Waals surface area contributed by atoms with Crippen molar-refractivity contribution in [1.82, 2.24) is 19.9 Å². The average Bonchev–Trinajstić information content (AvgIpc) is 2.98. The smallest absolute Gasteiger partial charge is 0.323 e. The molecular weight excluding hydrogens is 324 g/mol. The van der Waals surface area contributed by atoms with Gasteiger partial charge < -0.3 is 14.2 Å². The van der Waals surface area contributed by atoms with Crippen LogP contribution in [0.4, 0.5) is 0 Å². The summed E-state index contributed by atoms with van der Waals surface area (Å²) >= 11 is 0. The quantitative estimate of drug-likeness (QED) is 0.736. The number of carbonyl (C=O) groups excluding carboxylic acids is 2. The molecule has 1 saturated carbocycles. The van der Waals surface area contributed by atoms with Crippen LogP contribution < -0.4 is 0 Å². The fourth-order valence-electron chi connectivity index (χ4n) is 3.82. The first kappa shape index (κ1) is 16.5. The van der Waals surface area contributed by atoms with Crippen LogP contribution in [0.15, 0.2) is 4.52 Å². The molecule has 3 heterocycles. The van der Waals surface area contributed by atoms with E-state index in [1.54, 1.807) is 11.8 Å². The fourth-order valence-corrected chi connectivity index (χ4v) is 3.82. The molecule has 2 aliphatic heterocycles. The summed E-state index contributed by atoms with van der Waals surface area (Å²) in [6.07, 6.45) is 3.74. The van der Waals surface area contributed by atoms with Gasteiger partial charge in [-0.05, 0) is 26.2 Å². The van der Waals surface area contributed by atoms with Crippen LogP contribution in [0, 0.1) is 0 Å². The number of cyclic esters (lactones) is 1. The average molecular weight is 348 g/mol. The minimum atomic E-state index is -0.180. The van der Waals surface area contributed by atoms with Crippen molar-refractivity contribution in [3.8, 4) is 0 Å². The van der Waals surface area contributed by atoms with Crippen molar-refractivity contribution in [2.45, 2.75) is 70.2 Å². The zero-order valence-corrected chi connectivity index (χ0v) is 14.7. The molecule has 1 aromatic rings. The van der Waals surface area contributed by atoms with E-state index in [0.29, 0.717) is 30.7 Å². The zero-order chi connectivity index (χ0) is 17.6. The Kier molecular flexibility index (Phi) is 4.23. The molecule has 3 aliphatic rings. The van der Waals surface area contributed by atoms with Crippen molar-refractivity contribution in [1.29, 1.82) is 0 Å². The zero-order valence-electron chi connectivity index (χ0n) is 14.7. The summed E-state index contributed by atoms with van der Waals surface area (Å²) in [5.41, 5.74) is 0. The number of rotatable bonds is 5. The van der Waals surface area contributed by atoms with Gasteiger partial charge in [-0.25, -0.2) is 0 Å². The first-order valence-electron chi connectivity index (χ1n) is 9.05. The number of carbonyl (C=O) groups is 2. The highest BCUT2D eigenvalue weighted by Crippen LogP contribution is 2.39. The highest BCUT2D eigenvalue weighted by molar-refractivity contribution is 5.78. The second-order valence-electron chi connectivity index (χ2n) is 7.41. The number of aromatic nitrogens is 2. The molecule has 8 nitrogen and oxygen atoms in total. The second kappa shape index (κ2) is 6.40. The first-order valence-corrected chi connectivity index (χ1v) is 9.05. The van der Waals surface area contributed by atoms with Gasteiger partial charge in [0.05, 0.1) is 6.54 Å². The van der Waals surface area contributed by atoms with E-state index in [0.717, 1.165) is 32.2 Å². The van der Waals surface area contributed by atoms with E-state index in [1.165, 1.54) is 0 Å². The van der Waals surface area contributed by atoms with Gasteiger partial charge in [0.25, 0.3) is 0 Å². The fraction of sp³-hybridized carbons (Fsp3) is 0.765. The topological polar surface area (TPSA) is 88.8 Å². The summed E-state index contributed by atoms with van der Waals surface area (Å²) in [5, 5.41) is 4.02. The van der Waals surface area contributed by atoms with Crippen molar-refractivity contribution in [3.63, 3.8) is 0 Å². The summed E-state index contributed by atoms with van der Waals surface area (Å²) in [4.78, 5) is 32.5. The SMILES string of the molecule is CC(=O)N(Cc1noc(C2CC2)n1)[C@@H]1CCN([C@H]2C[C@@H](C)OC2=O)C1. The van der Waals surface area contributed by atoms with E-state index in [2.05, 4.69) is 15.0 Å². The maximum atomic E-state index is 12.2. The van der Waals surface area contributed by atoms with Crippen LogP contribution in [-0.4, -0.2) is 63.1 Å². The monoisotopic (exact) mass is 348 g/mol. The third kappa shape index (κ3) is 3.40. The number of ether oxygens (including phenoxy) is 1. The van der Waals surface area contributed by atoms with Gasteiger partial charge in [0.2, 0.25) is 11.8 Å². The van der Waals surface area contributed by atoms with Crippen LogP contribution in [-0.2, 0) is 20.9 Å². The van der Waals surface area contributed by atoms with Crippen LogP contribution in [0.3, 0.4) is 0 Å². The molecule has 0 N–H and O–H groups in total. The molecule has 3 fully saturated rings. The summed E-state index contributed by atoms with van der Waals surface area (Å²) in [6.45, 7) is 5.31. The predicted molar refractivity (Wildman–Crippen MR) is 86.4 cm³/mol. The minimum absolute atomic E-state index is 0.00742. The van der Waals surface area contributed by atoms with Gasteiger partial charge in [0.15, 0.2) is 5.82 Å². The van der Waals surface area contributed by atoms with Gasteiger partial charge in [0, 0.05) is 38.4 Å². The molecule has 0 spiro atoms. The lowest BCUT2D eigenvalue weighted by molar-refractivity contribution is -0.144. The largest absolute Gasteiger partial charge is 0.461 e. The van der Waals surface area contributed by atoms with Crippen molar-refractivity contribution in [3.05, 3.63) is 11.7 Å². The normalized spacial score (nSPS) is 29.8. The Morgan fingerprint density at radius 3 is 2.80 bits per heavy atom. The molecule has 0 bridgehead atoms. The van der Waals surface area contributed by atoms with E-state index in [-0.39, 0.29) is 30.1 Å². The lowest BCUT2D eigenvalue weighted by Gasteiger charge is -2.27. The van der Waals surface area contributed by atoms with Gasteiger partial charge in [-0.2, -0.15) is 4.98 Å². The summed E-state index contributed by atoms with van der Waals surface area (Å²) < 4.78 is 10.6. The maximum absolute atomic E-state index is 12.2. The number of hydrogen-bond acceptors (Lipinski definition) is 7. The molecule has 1 aromatic heterocycles. The van der Waals surface area contributed by atoms with Crippen LogP contribution in [0.2, 0.25) is 0 Å². The molecule has 1 aliphatic carbocycles. The second-order valence-corrected chi connectivity index (χ2v) is 7.41. The molecule has 25 heavy (non-hydrogen) atoms. The van der Waals surface area contributed by atoms with Crippen LogP contribution in [0.1, 0.15) is 57.2 Å². The van der Waals surface area contributed by atoms with Gasteiger partial charge >= 0.3 is 5.97 Å². The summed E-state index contributed by atoms with van der Waals surface area (Å²) in [7, 11) is 0. The molecule has 0 unspecified atom stereocenters. The molecule has 3 atom stereocenters. The number of amides is 1. The minimum Gasteiger partial charge on any atom is -0.461 e. The third-order valence-corrected chi connectivity index (χ3v) is 5.35. The Bertz CT molecular complexity index is 671. The predicted octanol–water partition coefficient (Wildman–Crippen LogP) is 1.07. The highest BCUT2D eigenvalue weighted by atomic mass is 16.6. The highest BCUT2D eigenvalue weighted by Gasteiger charge is 2.41. The lowest BCUT2D eigenvalue weighted by atomic mass is 10.1. The standard InChI is InChI=1S/C17H24N4O4/c1-10-7-14(17(23)24-10)20-6-5-13(8-20)21(11(2)22)9-15-18-16(25-19-15)12-3-4-12/h10,12-14H,3-9H2,1-2H3/t10-,13-,14+/m1/s1. The van der Waals surface area contributed by atoms with Crippen molar-refractivity contribution >= 4 is 11.9 Å². The Labute approximate surface area is 146 Å². The Balaban J connectivity index is 1.40. The molecule has 4 rings (SSSR count). The van der Waals surface area contributed by atoms with E-state index in [4.69, 9.17) is 9.26 Å². The van der Waals surface area contributed by atoms with E-state index >= 15 is 0 Å². The molecule has 1 amide bonds. The Morgan fingerprint density at radius 1 is 1.36 bits per heavy atom. The Hall–Kier alpha value is -1.96. The summed E-state index contributed by atoms with van der Waals surface area (Å²) in [5.74, 6) is 1.50. The molecule has 136 valence electrons. The molecule has 0 radical (unpaired) electrons. The molecular formula is C17H24N4O4. The van der Waals surface area contributed by atoms with Gasteiger partial charge in [-0.1, -0.05) is 5.16 Å². The number of hydrogen-bond donors (Lipinski definition) is 0. The van der Waals surface area contributed by atoms with Gasteiger partial charge in [-0.15, -0.1) is 0 Å². The van der Waals surface area contributed by atoms with Crippen molar-refractivity contribution < 1.29 is 18.8 Å². The first-order chi connectivity index (χ1) is 12.0. The lowest BCUT2D eigenvalue weighted by Crippen LogP contribution is -2.43. The molecule has 2 saturated heterocycles. The molecule has 0 aromatic carbocycles. The van der Waals surface area contributed by atoms with Gasteiger partial charge in [-0.3, -0.25) is 14.5 Å². The van der Waals surface area contributed by atoms with Crippen molar-refractivity contribution in [2.75, 3.05) is 13.1 Å². The number of likely N-dealkylation sites (tertiary alicyclic amines) is 1.